The summed E-state index contributed by atoms with van der Waals surface area (Å²) in [6.07, 6.45) is 3.57. The third-order valence-electron chi connectivity index (χ3n) is 7.96. The number of hydrogen-bond acceptors (Lipinski definition) is 7. The summed E-state index contributed by atoms with van der Waals surface area (Å²) in [5.74, 6) is 2.37. The summed E-state index contributed by atoms with van der Waals surface area (Å²) in [7, 11) is 2.10. The van der Waals surface area contributed by atoms with Crippen LogP contribution in [0.25, 0.3) is 6.08 Å². The van der Waals surface area contributed by atoms with Gasteiger partial charge in [-0.15, -0.1) is 0 Å². The first-order chi connectivity index (χ1) is 20.1. The zero-order valence-corrected chi connectivity index (χ0v) is 25.7. The number of likely N-dealkylation sites (N-methyl/N-ethyl adjacent to an activating group) is 1. The molecular formula is C34H38N2O5S. The molecular weight excluding hydrogens is 548 g/mol. The van der Waals surface area contributed by atoms with Gasteiger partial charge in [-0.05, 0) is 105 Å². The molecule has 5 rings (SSSR count). The van der Waals surface area contributed by atoms with E-state index in [0.717, 1.165) is 77.2 Å². The molecule has 8 heteroatoms. The van der Waals surface area contributed by atoms with Crippen molar-refractivity contribution in [3.63, 3.8) is 0 Å². The molecule has 0 saturated carbocycles. The molecule has 0 aromatic heterocycles. The Morgan fingerprint density at radius 3 is 2.43 bits per heavy atom. The minimum Gasteiger partial charge on any atom is -0.492 e. The molecule has 1 N–H and O–H groups in total. The fraction of sp³-hybridized carbons (Fsp3) is 0.353. The summed E-state index contributed by atoms with van der Waals surface area (Å²) in [5, 5.41) is 1.92. The molecule has 1 unspecified atom stereocenters. The van der Waals surface area contributed by atoms with Gasteiger partial charge in [0.05, 0.1) is 4.91 Å². The summed E-state index contributed by atoms with van der Waals surface area (Å²) >= 11 is 0.912. The number of nitrogens with zero attached hydrogens (tertiary/aromatic N) is 1. The van der Waals surface area contributed by atoms with Gasteiger partial charge in [0.1, 0.15) is 36.1 Å². The zero-order chi connectivity index (χ0) is 29.9. The third-order valence-corrected chi connectivity index (χ3v) is 8.77. The van der Waals surface area contributed by atoms with Crippen molar-refractivity contribution in [2.24, 2.45) is 0 Å². The Bertz CT molecular complexity index is 1500. The van der Waals surface area contributed by atoms with Crippen LogP contribution in [-0.4, -0.2) is 48.4 Å². The van der Waals surface area contributed by atoms with E-state index in [1.807, 2.05) is 42.5 Å². The fourth-order valence-electron chi connectivity index (χ4n) is 5.54. The van der Waals surface area contributed by atoms with Crippen molar-refractivity contribution in [3.05, 3.63) is 92.9 Å². The van der Waals surface area contributed by atoms with E-state index in [4.69, 9.17) is 14.2 Å². The van der Waals surface area contributed by atoms with Crippen molar-refractivity contribution in [2.75, 3.05) is 26.7 Å². The molecule has 1 saturated heterocycles. The van der Waals surface area contributed by atoms with Gasteiger partial charge in [-0.3, -0.25) is 19.8 Å². The number of fused-ring (bicyclic) bond motifs is 1. The average molecular weight is 587 g/mol. The van der Waals surface area contributed by atoms with Crippen LogP contribution in [-0.2, 0) is 17.8 Å². The second-order valence-electron chi connectivity index (χ2n) is 11.3. The summed E-state index contributed by atoms with van der Waals surface area (Å²) in [4.78, 5) is 25.8. The number of amides is 2. The summed E-state index contributed by atoms with van der Waals surface area (Å²) in [6.45, 7) is 11.2. The summed E-state index contributed by atoms with van der Waals surface area (Å²) < 4.78 is 19.1. The van der Waals surface area contributed by atoms with Gasteiger partial charge in [0.25, 0.3) is 11.1 Å². The van der Waals surface area contributed by atoms with Gasteiger partial charge in [-0.1, -0.05) is 42.5 Å². The van der Waals surface area contributed by atoms with E-state index in [-0.39, 0.29) is 16.7 Å². The van der Waals surface area contributed by atoms with E-state index in [2.05, 4.69) is 57.1 Å². The first-order valence-corrected chi connectivity index (χ1v) is 15.1. The lowest BCUT2D eigenvalue weighted by Crippen LogP contribution is -2.47. The number of ether oxygens (including phenoxy) is 3. The highest BCUT2D eigenvalue weighted by atomic mass is 32.2. The molecule has 42 heavy (non-hydrogen) atoms. The predicted molar refractivity (Wildman–Crippen MR) is 167 cm³/mol. The Morgan fingerprint density at radius 1 is 1.00 bits per heavy atom. The van der Waals surface area contributed by atoms with Crippen molar-refractivity contribution in [2.45, 2.75) is 52.7 Å². The Morgan fingerprint density at radius 2 is 1.74 bits per heavy atom. The van der Waals surface area contributed by atoms with E-state index >= 15 is 0 Å². The van der Waals surface area contributed by atoms with Gasteiger partial charge >= 0.3 is 0 Å². The molecule has 0 spiro atoms. The standard InChI is InChI=1S/C34H38N2O5S/c1-22-23(2)31-28(24(3)30(22)40-20-26-9-7-6-8-10-26)15-16-34(4,41-31)21-36(5)17-18-39-27-13-11-25(12-14-27)19-29-32(37)35-33(38)42-29/h6-14,19H,15-18,20-21H2,1-5H3,(H,35,37,38)/b29-19-. The SMILES string of the molecule is Cc1c(C)c2c(c(C)c1OCc1ccccc1)CCC(C)(CN(C)CCOc1ccc(/C=C3\SC(=O)NC3=O)cc1)O2. The van der Waals surface area contributed by atoms with Gasteiger partial charge in [-0.2, -0.15) is 0 Å². The molecule has 1 fully saturated rings. The van der Waals surface area contributed by atoms with Gasteiger partial charge in [0, 0.05) is 18.7 Å². The molecule has 0 bridgehead atoms. The van der Waals surface area contributed by atoms with Crippen LogP contribution in [0.3, 0.4) is 0 Å². The van der Waals surface area contributed by atoms with E-state index < -0.39 is 0 Å². The van der Waals surface area contributed by atoms with E-state index in [0.29, 0.717) is 18.1 Å². The smallest absolute Gasteiger partial charge is 0.290 e. The van der Waals surface area contributed by atoms with Crippen LogP contribution in [0, 0.1) is 20.8 Å². The van der Waals surface area contributed by atoms with E-state index in [9.17, 15) is 9.59 Å². The normalized spacial score (nSPS) is 19.0. The highest BCUT2D eigenvalue weighted by Gasteiger charge is 2.35. The number of hydrogen-bond donors (Lipinski definition) is 1. The third kappa shape index (κ3) is 6.82. The Kier molecular flexibility index (Phi) is 8.94. The fourth-order valence-corrected chi connectivity index (χ4v) is 6.22. The zero-order valence-electron chi connectivity index (χ0n) is 24.9. The number of carbonyl (C=O) groups is 2. The van der Waals surface area contributed by atoms with Crippen molar-refractivity contribution in [1.82, 2.24) is 10.2 Å². The Labute approximate surface area is 252 Å². The maximum absolute atomic E-state index is 11.8. The highest BCUT2D eigenvalue weighted by Crippen LogP contribution is 2.44. The van der Waals surface area contributed by atoms with Crippen molar-refractivity contribution in [1.29, 1.82) is 0 Å². The predicted octanol–water partition coefficient (Wildman–Crippen LogP) is 6.61. The van der Waals surface area contributed by atoms with Gasteiger partial charge in [0.15, 0.2) is 0 Å². The van der Waals surface area contributed by atoms with E-state index in [1.54, 1.807) is 6.08 Å². The monoisotopic (exact) mass is 586 g/mol. The lowest BCUT2D eigenvalue weighted by atomic mass is 9.87. The first-order valence-electron chi connectivity index (χ1n) is 14.3. The van der Waals surface area contributed by atoms with Crippen LogP contribution in [0.2, 0.25) is 0 Å². The molecule has 3 aromatic carbocycles. The molecule has 2 aliphatic rings. The van der Waals surface area contributed by atoms with E-state index in [1.165, 1.54) is 11.1 Å². The molecule has 0 aliphatic carbocycles. The lowest BCUT2D eigenvalue weighted by Gasteiger charge is -2.40. The number of rotatable bonds is 10. The van der Waals surface area contributed by atoms with Crippen LogP contribution in [0.4, 0.5) is 4.79 Å². The minimum atomic E-state index is -0.356. The lowest BCUT2D eigenvalue weighted by molar-refractivity contribution is -0.115. The molecule has 2 aliphatic heterocycles. The Hall–Kier alpha value is -3.75. The molecule has 7 nitrogen and oxygen atoms in total. The number of thioether (sulfide) groups is 1. The largest absolute Gasteiger partial charge is 0.492 e. The Balaban J connectivity index is 1.15. The number of nitrogens with one attached hydrogen (secondary N) is 1. The van der Waals surface area contributed by atoms with Crippen molar-refractivity contribution >= 4 is 29.0 Å². The number of carbonyl (C=O) groups excluding carboxylic acids is 2. The number of imide groups is 1. The summed E-state index contributed by atoms with van der Waals surface area (Å²) in [5.41, 5.74) is 6.40. The quantitative estimate of drug-likeness (QED) is 0.268. The molecule has 220 valence electrons. The molecule has 3 aromatic rings. The van der Waals surface area contributed by atoms with Crippen molar-refractivity contribution < 1.29 is 23.8 Å². The van der Waals surface area contributed by atoms with Crippen LogP contribution < -0.4 is 19.5 Å². The van der Waals surface area contributed by atoms with Crippen LogP contribution >= 0.6 is 11.8 Å². The van der Waals surface area contributed by atoms with Crippen molar-refractivity contribution in [3.8, 4) is 17.2 Å². The number of benzene rings is 3. The van der Waals surface area contributed by atoms with Gasteiger partial charge < -0.3 is 14.2 Å². The van der Waals surface area contributed by atoms with Gasteiger partial charge in [0.2, 0.25) is 0 Å². The highest BCUT2D eigenvalue weighted by molar-refractivity contribution is 8.18. The maximum Gasteiger partial charge on any atom is 0.290 e. The summed E-state index contributed by atoms with van der Waals surface area (Å²) in [6, 6.07) is 17.8. The second kappa shape index (κ2) is 12.6. The molecule has 1 atom stereocenters. The molecule has 2 heterocycles. The molecule has 2 amide bonds. The van der Waals surface area contributed by atoms with Crippen LogP contribution in [0.5, 0.6) is 17.2 Å². The topological polar surface area (TPSA) is 77.1 Å². The second-order valence-corrected chi connectivity index (χ2v) is 12.4. The van der Waals surface area contributed by atoms with Gasteiger partial charge in [-0.25, -0.2) is 0 Å². The minimum absolute atomic E-state index is 0.307. The average Bonchev–Trinajstić information content (AvgIpc) is 3.28. The van der Waals surface area contributed by atoms with Crippen LogP contribution in [0.15, 0.2) is 59.5 Å². The first kappa shape index (κ1) is 29.7. The molecule has 0 radical (unpaired) electrons. The van der Waals surface area contributed by atoms with Crippen LogP contribution in [0.1, 0.15) is 46.7 Å². The maximum atomic E-state index is 11.8.